The van der Waals surface area contributed by atoms with Gasteiger partial charge in [-0.15, -0.1) is 0 Å². The Kier molecular flexibility index (Phi) is 8.28. The van der Waals surface area contributed by atoms with Gasteiger partial charge in [-0.1, -0.05) is 165 Å². The fourth-order valence-electron chi connectivity index (χ4n) is 12.4. The molecule has 314 valence electrons. The van der Waals surface area contributed by atoms with E-state index in [1.54, 1.807) is 0 Å². The van der Waals surface area contributed by atoms with Gasteiger partial charge >= 0.3 is 0 Å². The largest absolute Gasteiger partial charge is 0.454 e. The zero-order chi connectivity index (χ0) is 43.3. The number of hydrogen-bond acceptors (Lipinski definition) is 3. The summed E-state index contributed by atoms with van der Waals surface area (Å²) in [4.78, 5) is 2.48. The van der Waals surface area contributed by atoms with Crippen LogP contribution in [0, 0.1) is 0 Å². The van der Waals surface area contributed by atoms with E-state index in [1.165, 1.54) is 109 Å². The van der Waals surface area contributed by atoms with E-state index in [9.17, 15) is 0 Å². The molecule has 1 N–H and O–H groups in total. The molecule has 0 amide bonds. The standard InChI is InChI=1S/C63H46N2O/c1-4-18-40(19-5-1)46-28-16-29-51-52-30-17-33-58(62(52)66-61(46)51)65(45-22-8-3-9-23-45)59-39-57-60(50-27-11-10-26-49(50)59)53-37-41-34-35-44(64-43-20-6-2-7-21-43)36-42(41)38-56(53)63(57)54-31-14-12-24-47(54)48-25-13-15-32-55(48)63/h2-3,6-17,20-40,64H,1,4-5,18-19H2. The number of hydrogen-bond donors (Lipinski definition) is 1. The number of fused-ring (bicyclic) bond motifs is 16. The van der Waals surface area contributed by atoms with Crippen molar-refractivity contribution in [3.8, 4) is 22.3 Å². The van der Waals surface area contributed by atoms with Crippen LogP contribution in [0.4, 0.5) is 28.4 Å². The summed E-state index contributed by atoms with van der Waals surface area (Å²) in [7, 11) is 0. The molecule has 3 aliphatic carbocycles. The van der Waals surface area contributed by atoms with Crippen LogP contribution in [0.3, 0.4) is 0 Å². The van der Waals surface area contributed by atoms with Crippen molar-refractivity contribution in [1.29, 1.82) is 0 Å². The Morgan fingerprint density at radius 2 is 1.08 bits per heavy atom. The summed E-state index contributed by atoms with van der Waals surface area (Å²) >= 11 is 0. The number of benzene rings is 10. The molecule has 3 heteroatoms. The van der Waals surface area contributed by atoms with Crippen LogP contribution in [0.5, 0.6) is 0 Å². The molecule has 11 aromatic rings. The number of furan rings is 1. The molecule has 0 aliphatic heterocycles. The van der Waals surface area contributed by atoms with Gasteiger partial charge < -0.3 is 14.6 Å². The van der Waals surface area contributed by atoms with Crippen LogP contribution < -0.4 is 10.2 Å². The summed E-state index contributed by atoms with van der Waals surface area (Å²) < 4.78 is 7.28. The number of nitrogens with zero attached hydrogens (tertiary/aromatic N) is 1. The summed E-state index contributed by atoms with van der Waals surface area (Å²) in [6, 6.07) is 76.6. The van der Waals surface area contributed by atoms with Crippen LogP contribution >= 0.6 is 0 Å². The molecule has 3 nitrogen and oxygen atoms in total. The molecular weight excluding hydrogens is 801 g/mol. The average Bonchev–Trinajstić information content (AvgIpc) is 4.01. The third-order valence-corrected chi connectivity index (χ3v) is 15.2. The second-order valence-corrected chi connectivity index (χ2v) is 18.6. The molecule has 10 aromatic carbocycles. The molecule has 1 saturated carbocycles. The summed E-state index contributed by atoms with van der Waals surface area (Å²) in [6.07, 6.45) is 6.33. The maximum atomic E-state index is 7.28. The van der Waals surface area contributed by atoms with Gasteiger partial charge in [0.15, 0.2) is 5.58 Å². The Hall–Kier alpha value is -7.88. The van der Waals surface area contributed by atoms with E-state index in [0.717, 1.165) is 45.0 Å². The minimum absolute atomic E-state index is 0.524. The summed E-state index contributed by atoms with van der Waals surface area (Å²) in [5, 5.41) is 10.9. The van der Waals surface area contributed by atoms with Crippen molar-refractivity contribution in [2.45, 2.75) is 43.4 Å². The minimum atomic E-state index is -0.573. The third kappa shape index (κ3) is 5.37. The molecule has 0 unspecified atom stereocenters. The zero-order valence-corrected chi connectivity index (χ0v) is 36.6. The first-order valence-electron chi connectivity index (χ1n) is 23.7. The van der Waals surface area contributed by atoms with Crippen molar-refractivity contribution < 1.29 is 4.42 Å². The Morgan fingerprint density at radius 1 is 0.424 bits per heavy atom. The molecule has 66 heavy (non-hydrogen) atoms. The predicted octanol–water partition coefficient (Wildman–Crippen LogP) is 17.5. The van der Waals surface area contributed by atoms with Gasteiger partial charge in [0.05, 0.1) is 16.8 Å². The molecule has 0 atom stereocenters. The predicted molar refractivity (Wildman–Crippen MR) is 275 cm³/mol. The lowest BCUT2D eigenvalue weighted by molar-refractivity contribution is 0.442. The fourth-order valence-corrected chi connectivity index (χ4v) is 12.4. The van der Waals surface area contributed by atoms with E-state index in [2.05, 4.69) is 216 Å². The lowest BCUT2D eigenvalue weighted by Crippen LogP contribution is -2.26. The van der Waals surface area contributed by atoms with E-state index in [4.69, 9.17) is 4.42 Å². The highest BCUT2D eigenvalue weighted by atomic mass is 16.3. The van der Waals surface area contributed by atoms with Crippen LogP contribution in [-0.4, -0.2) is 0 Å². The third-order valence-electron chi connectivity index (χ3n) is 15.2. The second kappa shape index (κ2) is 14.6. The maximum Gasteiger partial charge on any atom is 0.159 e. The highest BCUT2D eigenvalue weighted by Gasteiger charge is 2.52. The van der Waals surface area contributed by atoms with Gasteiger partial charge in [-0.2, -0.15) is 0 Å². The molecule has 1 aromatic heterocycles. The maximum absolute atomic E-state index is 7.28. The molecular formula is C63H46N2O. The Balaban J connectivity index is 1.07. The molecule has 0 radical (unpaired) electrons. The number of anilines is 5. The Labute approximate surface area is 384 Å². The monoisotopic (exact) mass is 846 g/mol. The van der Waals surface area contributed by atoms with E-state index in [-0.39, 0.29) is 0 Å². The van der Waals surface area contributed by atoms with E-state index in [1.807, 2.05) is 0 Å². The summed E-state index contributed by atoms with van der Waals surface area (Å²) in [5.41, 5.74) is 18.6. The van der Waals surface area contributed by atoms with Crippen LogP contribution in [-0.2, 0) is 5.41 Å². The van der Waals surface area contributed by atoms with Crippen molar-refractivity contribution in [2.75, 3.05) is 10.2 Å². The molecule has 14 rings (SSSR count). The van der Waals surface area contributed by atoms with Crippen LogP contribution in [0.2, 0.25) is 0 Å². The van der Waals surface area contributed by atoms with Crippen molar-refractivity contribution in [2.24, 2.45) is 0 Å². The number of para-hydroxylation sites is 4. The highest BCUT2D eigenvalue weighted by molar-refractivity contribution is 6.16. The molecule has 0 bridgehead atoms. The lowest BCUT2D eigenvalue weighted by Gasteiger charge is -2.33. The normalized spacial score (nSPS) is 14.7. The lowest BCUT2D eigenvalue weighted by atomic mass is 9.70. The topological polar surface area (TPSA) is 28.4 Å². The molecule has 3 aliphatic rings. The number of rotatable bonds is 6. The quantitative estimate of drug-likeness (QED) is 0.181. The zero-order valence-electron chi connectivity index (χ0n) is 36.6. The molecule has 1 heterocycles. The van der Waals surface area contributed by atoms with Crippen molar-refractivity contribution in [3.63, 3.8) is 0 Å². The Morgan fingerprint density at radius 3 is 1.85 bits per heavy atom. The van der Waals surface area contributed by atoms with Gasteiger partial charge in [0.2, 0.25) is 0 Å². The first kappa shape index (κ1) is 37.5. The summed E-state index contributed by atoms with van der Waals surface area (Å²) in [5.74, 6) is 0.524. The van der Waals surface area contributed by atoms with E-state index < -0.39 is 5.41 Å². The first-order valence-corrected chi connectivity index (χ1v) is 23.7. The molecule has 1 fully saturated rings. The van der Waals surface area contributed by atoms with Crippen LogP contribution in [0.1, 0.15) is 65.8 Å². The SMILES string of the molecule is c1ccc(Nc2ccc3cc4c(cc3c2)C2(c3ccccc3-c3ccccc32)c2cc(N(c3ccccc3)c3cccc5c3oc3c(C6CCCCC6)cccc35)c3ccccc3c2-4)cc1. The second-order valence-electron chi connectivity index (χ2n) is 18.6. The first-order chi connectivity index (χ1) is 32.7. The van der Waals surface area contributed by atoms with Gasteiger partial charge in [0.25, 0.3) is 0 Å². The Bertz CT molecular complexity index is 3680. The van der Waals surface area contributed by atoms with E-state index >= 15 is 0 Å². The smallest absolute Gasteiger partial charge is 0.159 e. The minimum Gasteiger partial charge on any atom is -0.454 e. The van der Waals surface area contributed by atoms with Crippen LogP contribution in [0.25, 0.3) is 65.7 Å². The van der Waals surface area contributed by atoms with Gasteiger partial charge in [-0.3, -0.25) is 0 Å². The van der Waals surface area contributed by atoms with Crippen molar-refractivity contribution in [3.05, 3.63) is 234 Å². The summed E-state index contributed by atoms with van der Waals surface area (Å²) in [6.45, 7) is 0. The fraction of sp³-hybridized carbons (Fsp3) is 0.111. The number of nitrogens with one attached hydrogen (secondary N) is 1. The van der Waals surface area contributed by atoms with Gasteiger partial charge in [0.1, 0.15) is 5.58 Å². The highest BCUT2D eigenvalue weighted by Crippen LogP contribution is 2.65. The van der Waals surface area contributed by atoms with Gasteiger partial charge in [-0.05, 0) is 146 Å². The van der Waals surface area contributed by atoms with Crippen molar-refractivity contribution in [1.82, 2.24) is 0 Å². The van der Waals surface area contributed by atoms with Gasteiger partial charge in [-0.25, -0.2) is 0 Å². The van der Waals surface area contributed by atoms with E-state index in [0.29, 0.717) is 5.92 Å². The van der Waals surface area contributed by atoms with Crippen LogP contribution in [0.15, 0.2) is 211 Å². The average molecular weight is 847 g/mol. The molecule has 1 spiro atoms. The van der Waals surface area contributed by atoms with Crippen molar-refractivity contribution >= 4 is 71.9 Å². The van der Waals surface area contributed by atoms with Gasteiger partial charge in [0, 0.05) is 33.2 Å². The molecule has 0 saturated heterocycles.